The van der Waals surface area contributed by atoms with Crippen LogP contribution in [0.2, 0.25) is 0 Å². The molecule has 0 unspecified atom stereocenters. The number of nitrogens with two attached hydrogens (primary N) is 1. The second-order valence-corrected chi connectivity index (χ2v) is 10.4. The maximum absolute atomic E-state index is 7.00. The number of rotatable bonds is 1. The van der Waals surface area contributed by atoms with Crippen molar-refractivity contribution < 1.29 is 0 Å². The minimum Gasteiger partial charge on any atom is -0.294 e. The molecule has 1 heterocycles. The summed E-state index contributed by atoms with van der Waals surface area (Å²) in [6, 6.07) is 0. The van der Waals surface area contributed by atoms with E-state index in [9.17, 15) is 0 Å². The van der Waals surface area contributed by atoms with E-state index in [1.54, 1.807) is 0 Å². The Balaban J connectivity index is 1.92. The Labute approximate surface area is 122 Å². The van der Waals surface area contributed by atoms with Gasteiger partial charge in [-0.3, -0.25) is 5.14 Å². The molecule has 114 valence electrons. The Morgan fingerprint density at radius 2 is 0.895 bits per heavy atom. The van der Waals surface area contributed by atoms with Gasteiger partial charge in [-0.2, -0.15) is 10.2 Å². The summed E-state index contributed by atoms with van der Waals surface area (Å²) in [6.07, 6.45) is 20.3. The molecule has 1 saturated carbocycles. The first kappa shape index (κ1) is 15.7. The van der Waals surface area contributed by atoms with Gasteiger partial charge in [-0.05, 0) is 37.2 Å². The monoisotopic (exact) mass is 285 g/mol. The molecule has 2 rings (SSSR count). The van der Waals surface area contributed by atoms with Crippen LogP contribution in [0.5, 0.6) is 0 Å². The van der Waals surface area contributed by atoms with Crippen LogP contribution < -0.4 is 5.14 Å². The van der Waals surface area contributed by atoms with E-state index in [-0.39, 0.29) is 0 Å². The summed E-state index contributed by atoms with van der Waals surface area (Å²) in [5, 5.41) is 7.90. The molecule has 19 heavy (non-hydrogen) atoms. The van der Waals surface area contributed by atoms with Crippen LogP contribution in [0.15, 0.2) is 0 Å². The van der Waals surface area contributed by atoms with Gasteiger partial charge < -0.3 is 0 Å². The lowest BCUT2D eigenvalue weighted by Gasteiger charge is -2.45. The van der Waals surface area contributed by atoms with Crippen LogP contribution >= 0.6 is 10.2 Å². The molecule has 0 aromatic heterocycles. The van der Waals surface area contributed by atoms with Gasteiger partial charge in [0.2, 0.25) is 0 Å². The van der Waals surface area contributed by atoms with Crippen LogP contribution in [0.3, 0.4) is 0 Å². The summed E-state index contributed by atoms with van der Waals surface area (Å²) >= 11 is 0. The van der Waals surface area contributed by atoms with Crippen LogP contribution in [0, 0.1) is 0 Å². The van der Waals surface area contributed by atoms with Crippen molar-refractivity contribution in [1.82, 2.24) is 0 Å². The van der Waals surface area contributed by atoms with Crippen LogP contribution in [0.4, 0.5) is 0 Å². The molecule has 0 spiro atoms. The molecule has 2 heteroatoms. The fraction of sp³-hybridized carbons (Fsp3) is 1.00. The lowest BCUT2D eigenvalue weighted by atomic mass is 10.0. The zero-order valence-electron chi connectivity index (χ0n) is 12.9. The zero-order valence-corrected chi connectivity index (χ0v) is 13.7. The predicted molar refractivity (Wildman–Crippen MR) is 89.9 cm³/mol. The quantitative estimate of drug-likeness (QED) is 0.674. The van der Waals surface area contributed by atoms with Gasteiger partial charge in [0.25, 0.3) is 0 Å². The summed E-state index contributed by atoms with van der Waals surface area (Å²) < 4.78 is 0. The van der Waals surface area contributed by atoms with Crippen molar-refractivity contribution in [2.45, 2.75) is 95.1 Å². The standard InChI is InChI=1S/C17H35NS/c18-19(15-11-7-4-8-12-16-19)17-13-9-5-2-1-3-6-10-14-17/h17H,1-16,18H2. The van der Waals surface area contributed by atoms with E-state index in [1.807, 2.05) is 0 Å². The summed E-state index contributed by atoms with van der Waals surface area (Å²) in [5.74, 6) is 2.77. The SMILES string of the molecule is NS1(C2CCCCCCCCC2)CCCCCCC1. The second kappa shape index (κ2) is 8.56. The Bertz CT molecular complexity index is 223. The molecule has 0 atom stereocenters. The largest absolute Gasteiger partial charge is 0.294 e. The van der Waals surface area contributed by atoms with Crippen molar-refractivity contribution in [2.75, 3.05) is 11.5 Å². The first-order chi connectivity index (χ1) is 9.31. The van der Waals surface area contributed by atoms with Crippen molar-refractivity contribution in [3.8, 4) is 0 Å². The summed E-state index contributed by atoms with van der Waals surface area (Å²) in [5.41, 5.74) is 0. The van der Waals surface area contributed by atoms with Gasteiger partial charge in [-0.1, -0.05) is 64.2 Å². The van der Waals surface area contributed by atoms with Gasteiger partial charge in [0.15, 0.2) is 0 Å². The number of hydrogen-bond donors (Lipinski definition) is 1. The fourth-order valence-electron chi connectivity index (χ4n) is 3.95. The van der Waals surface area contributed by atoms with Crippen LogP contribution in [-0.2, 0) is 0 Å². The Morgan fingerprint density at radius 3 is 1.37 bits per heavy atom. The highest BCUT2D eigenvalue weighted by molar-refractivity contribution is 8.32. The number of hydrogen-bond acceptors (Lipinski definition) is 1. The molecule has 0 aromatic carbocycles. The van der Waals surface area contributed by atoms with Gasteiger partial charge in [-0.25, -0.2) is 0 Å². The van der Waals surface area contributed by atoms with Gasteiger partial charge in [0.05, 0.1) is 0 Å². The molecule has 2 fully saturated rings. The first-order valence-corrected chi connectivity index (χ1v) is 11.0. The summed E-state index contributed by atoms with van der Waals surface area (Å²) in [4.78, 5) is 0. The molecule has 1 saturated heterocycles. The minimum absolute atomic E-state index is 0.769. The van der Waals surface area contributed by atoms with Crippen molar-refractivity contribution in [3.63, 3.8) is 0 Å². The smallest absolute Gasteiger partial charge is 0.000251 e. The second-order valence-electron chi connectivity index (χ2n) is 6.86. The predicted octanol–water partition coefficient (Wildman–Crippen LogP) is 5.52. The van der Waals surface area contributed by atoms with E-state index in [4.69, 9.17) is 5.14 Å². The van der Waals surface area contributed by atoms with Crippen LogP contribution in [0.25, 0.3) is 0 Å². The third-order valence-electron chi connectivity index (χ3n) is 5.26. The first-order valence-electron chi connectivity index (χ1n) is 8.87. The Kier molecular flexibility index (Phi) is 7.07. The van der Waals surface area contributed by atoms with Crippen molar-refractivity contribution >= 4 is 10.2 Å². The molecule has 2 N–H and O–H groups in total. The molecule has 1 nitrogen and oxygen atoms in total. The van der Waals surface area contributed by atoms with E-state index in [2.05, 4.69) is 0 Å². The molecule has 1 aliphatic heterocycles. The maximum Gasteiger partial charge on any atom is 0.000251 e. The molecule has 0 amide bonds. The van der Waals surface area contributed by atoms with Crippen molar-refractivity contribution in [3.05, 3.63) is 0 Å². The average molecular weight is 286 g/mol. The molecule has 0 aromatic rings. The van der Waals surface area contributed by atoms with E-state index >= 15 is 0 Å². The lowest BCUT2D eigenvalue weighted by Crippen LogP contribution is -2.32. The van der Waals surface area contributed by atoms with E-state index < -0.39 is 10.2 Å². The molecule has 0 radical (unpaired) electrons. The van der Waals surface area contributed by atoms with E-state index in [1.165, 1.54) is 101 Å². The highest BCUT2D eigenvalue weighted by Crippen LogP contribution is 2.51. The van der Waals surface area contributed by atoms with Crippen LogP contribution in [-0.4, -0.2) is 16.8 Å². The minimum atomic E-state index is -0.769. The molecular weight excluding hydrogens is 250 g/mol. The van der Waals surface area contributed by atoms with Gasteiger partial charge in [-0.15, -0.1) is 0 Å². The zero-order chi connectivity index (χ0) is 13.4. The van der Waals surface area contributed by atoms with Crippen LogP contribution in [0.1, 0.15) is 89.9 Å². The summed E-state index contributed by atoms with van der Waals surface area (Å²) in [7, 11) is -0.769. The molecule has 2 aliphatic rings. The van der Waals surface area contributed by atoms with E-state index in [0.717, 1.165) is 5.25 Å². The molecule has 0 bridgehead atoms. The topological polar surface area (TPSA) is 26.0 Å². The normalized spacial score (nSPS) is 29.9. The van der Waals surface area contributed by atoms with Crippen molar-refractivity contribution in [2.24, 2.45) is 5.14 Å². The van der Waals surface area contributed by atoms with Gasteiger partial charge >= 0.3 is 0 Å². The summed E-state index contributed by atoms with van der Waals surface area (Å²) in [6.45, 7) is 0. The van der Waals surface area contributed by atoms with Crippen molar-refractivity contribution in [1.29, 1.82) is 0 Å². The van der Waals surface area contributed by atoms with Gasteiger partial charge in [0, 0.05) is 5.25 Å². The molecule has 1 aliphatic carbocycles. The Hall–Kier alpha value is 0.310. The lowest BCUT2D eigenvalue weighted by molar-refractivity contribution is 0.506. The van der Waals surface area contributed by atoms with E-state index in [0.29, 0.717) is 0 Å². The highest BCUT2D eigenvalue weighted by atomic mass is 32.3. The molecular formula is C17H35NS. The Morgan fingerprint density at radius 1 is 0.526 bits per heavy atom. The van der Waals surface area contributed by atoms with Gasteiger partial charge in [0.1, 0.15) is 0 Å². The third-order valence-corrected chi connectivity index (χ3v) is 9.16. The average Bonchev–Trinajstić information content (AvgIpc) is 2.40. The fourth-order valence-corrected chi connectivity index (χ4v) is 7.58. The maximum atomic E-state index is 7.00. The third kappa shape index (κ3) is 5.30. The highest BCUT2D eigenvalue weighted by Gasteiger charge is 2.29.